The number of aromatic nitrogens is 2. The van der Waals surface area contributed by atoms with E-state index in [1.54, 1.807) is 0 Å². The van der Waals surface area contributed by atoms with E-state index >= 15 is 0 Å². The van der Waals surface area contributed by atoms with Crippen LogP contribution in [-0.2, 0) is 0 Å². The zero-order valence-electron chi connectivity index (χ0n) is 18.5. The second-order valence-corrected chi connectivity index (χ2v) is 8.34. The smallest absolute Gasteiger partial charge is 0.229 e. The van der Waals surface area contributed by atoms with Gasteiger partial charge in [0.25, 0.3) is 0 Å². The lowest BCUT2D eigenvalue weighted by Crippen LogP contribution is -2.44. The van der Waals surface area contributed by atoms with E-state index in [9.17, 15) is 4.39 Å². The molecule has 0 radical (unpaired) electrons. The molecule has 2 heterocycles. The van der Waals surface area contributed by atoms with Crippen LogP contribution in [0.1, 0.15) is 32.3 Å². The first kappa shape index (κ1) is 22.0. The summed E-state index contributed by atoms with van der Waals surface area (Å²) < 4.78 is 14.3. The number of benzene rings is 1. The monoisotopic (exact) mass is 412 g/mol. The van der Waals surface area contributed by atoms with Crippen molar-refractivity contribution in [1.29, 1.82) is 0 Å². The summed E-state index contributed by atoms with van der Waals surface area (Å²) in [5.74, 6) is 0.0954. The molecule has 1 aromatic carbocycles. The maximum absolute atomic E-state index is 14.3. The normalized spacial score (nSPS) is 16.8. The minimum absolute atomic E-state index is 0.199. The zero-order valence-corrected chi connectivity index (χ0v) is 18.5. The van der Waals surface area contributed by atoms with Gasteiger partial charge in [0, 0.05) is 43.1 Å². The first-order valence-electron chi connectivity index (χ1n) is 10.6. The molecular formula is C23H33FN6. The van der Waals surface area contributed by atoms with Gasteiger partial charge < -0.3 is 20.4 Å². The van der Waals surface area contributed by atoms with Crippen LogP contribution >= 0.6 is 0 Å². The lowest BCUT2D eigenvalue weighted by Gasteiger charge is -2.35. The third-order valence-electron chi connectivity index (χ3n) is 5.84. The molecule has 1 atom stereocenters. The molecule has 1 aliphatic rings. The molecule has 0 saturated carbocycles. The molecule has 1 aliphatic heterocycles. The van der Waals surface area contributed by atoms with Gasteiger partial charge in [0.1, 0.15) is 0 Å². The second-order valence-electron chi connectivity index (χ2n) is 8.34. The number of piperazine rings is 1. The summed E-state index contributed by atoms with van der Waals surface area (Å²) in [5.41, 5.74) is 3.01. The Balaban J connectivity index is 1.75. The Morgan fingerprint density at radius 1 is 1.27 bits per heavy atom. The predicted molar refractivity (Wildman–Crippen MR) is 123 cm³/mol. The van der Waals surface area contributed by atoms with Gasteiger partial charge in [-0.05, 0) is 57.5 Å². The lowest BCUT2D eigenvalue weighted by atomic mass is 9.94. The summed E-state index contributed by atoms with van der Waals surface area (Å²) in [7, 11) is 2.16. The molecule has 0 aliphatic carbocycles. The lowest BCUT2D eigenvalue weighted by molar-refractivity contribution is 0.312. The fourth-order valence-corrected chi connectivity index (χ4v) is 3.67. The van der Waals surface area contributed by atoms with E-state index in [-0.39, 0.29) is 11.4 Å². The van der Waals surface area contributed by atoms with Crippen molar-refractivity contribution in [2.45, 2.75) is 39.2 Å². The van der Waals surface area contributed by atoms with Gasteiger partial charge in [-0.15, -0.1) is 6.58 Å². The summed E-state index contributed by atoms with van der Waals surface area (Å²) in [6.45, 7) is 14.2. The summed E-state index contributed by atoms with van der Waals surface area (Å²) >= 11 is 0. The fourth-order valence-electron chi connectivity index (χ4n) is 3.67. The van der Waals surface area contributed by atoms with Crippen LogP contribution in [0.4, 0.5) is 27.5 Å². The molecule has 2 N–H and O–H groups in total. The summed E-state index contributed by atoms with van der Waals surface area (Å²) in [5, 5.41) is 6.43. The van der Waals surface area contributed by atoms with Crippen molar-refractivity contribution in [1.82, 2.24) is 14.9 Å². The van der Waals surface area contributed by atoms with E-state index in [4.69, 9.17) is 0 Å². The number of nitrogens with one attached hydrogen (secondary N) is 2. The van der Waals surface area contributed by atoms with Crippen LogP contribution in [-0.4, -0.2) is 53.6 Å². The van der Waals surface area contributed by atoms with Gasteiger partial charge in [0.05, 0.1) is 6.20 Å². The van der Waals surface area contributed by atoms with Crippen LogP contribution in [0.25, 0.3) is 0 Å². The van der Waals surface area contributed by atoms with E-state index < -0.39 is 5.82 Å². The molecule has 0 amide bonds. The van der Waals surface area contributed by atoms with Gasteiger partial charge in [-0.2, -0.15) is 4.98 Å². The van der Waals surface area contributed by atoms with Crippen molar-refractivity contribution < 1.29 is 4.39 Å². The molecule has 1 unspecified atom stereocenters. The summed E-state index contributed by atoms with van der Waals surface area (Å²) in [6.07, 6.45) is 4.56. The number of likely N-dealkylation sites (N-methyl/N-ethyl adjacent to an activating group) is 1. The van der Waals surface area contributed by atoms with Crippen molar-refractivity contribution >= 4 is 23.1 Å². The fraction of sp³-hybridized carbons (Fsp3) is 0.478. The average molecular weight is 413 g/mol. The van der Waals surface area contributed by atoms with E-state index in [1.165, 1.54) is 17.4 Å². The Morgan fingerprint density at radius 2 is 2.00 bits per heavy atom. The quantitative estimate of drug-likeness (QED) is 0.619. The number of hydrogen-bond acceptors (Lipinski definition) is 6. The van der Waals surface area contributed by atoms with Crippen LogP contribution in [0.15, 0.2) is 37.1 Å². The Morgan fingerprint density at radius 3 is 2.63 bits per heavy atom. The van der Waals surface area contributed by atoms with Crippen molar-refractivity contribution in [3.63, 3.8) is 0 Å². The number of rotatable bonds is 8. The molecule has 1 saturated heterocycles. The van der Waals surface area contributed by atoms with Gasteiger partial charge in [0.2, 0.25) is 5.95 Å². The third-order valence-corrected chi connectivity index (χ3v) is 5.84. The molecule has 2 aromatic rings. The van der Waals surface area contributed by atoms with Crippen LogP contribution in [0.5, 0.6) is 0 Å². The topological polar surface area (TPSA) is 56.3 Å². The molecule has 3 rings (SSSR count). The largest absolute Gasteiger partial charge is 0.369 e. The molecule has 7 heteroatoms. The Hall–Kier alpha value is -2.67. The van der Waals surface area contributed by atoms with E-state index in [0.29, 0.717) is 12.4 Å². The minimum atomic E-state index is -0.467. The number of halogens is 1. The molecule has 162 valence electrons. The van der Waals surface area contributed by atoms with Gasteiger partial charge in [0.15, 0.2) is 11.6 Å². The summed E-state index contributed by atoms with van der Waals surface area (Å²) in [6, 6.07) is 6.24. The van der Waals surface area contributed by atoms with Gasteiger partial charge >= 0.3 is 0 Å². The van der Waals surface area contributed by atoms with Gasteiger partial charge in [-0.1, -0.05) is 13.0 Å². The molecule has 0 spiro atoms. The number of anilines is 4. The maximum atomic E-state index is 14.3. The first-order chi connectivity index (χ1) is 14.3. The van der Waals surface area contributed by atoms with E-state index in [1.807, 2.05) is 19.1 Å². The standard InChI is InChI=1S/C23H33FN6/c1-6-10-23(4,7-2)28-21-19(24)16-25-22(27-21)26-18-8-9-20(17(3)15-18)30-13-11-29(5)12-14-30/h6,8-9,15-16H,1,7,10-14H2,2-5H3,(H2,25,26,27,28). The van der Waals surface area contributed by atoms with Crippen molar-refractivity contribution in [3.8, 4) is 0 Å². The SMILES string of the molecule is C=CCC(C)(CC)Nc1nc(Nc2ccc(N3CCN(C)CC3)c(C)c2)ncc1F. The highest BCUT2D eigenvalue weighted by atomic mass is 19.1. The molecule has 1 fully saturated rings. The molecule has 0 bridgehead atoms. The van der Waals surface area contributed by atoms with Crippen LogP contribution in [0, 0.1) is 12.7 Å². The number of hydrogen-bond donors (Lipinski definition) is 2. The first-order valence-corrected chi connectivity index (χ1v) is 10.6. The zero-order chi connectivity index (χ0) is 21.7. The molecule has 6 nitrogen and oxygen atoms in total. The maximum Gasteiger partial charge on any atom is 0.229 e. The highest BCUT2D eigenvalue weighted by Gasteiger charge is 2.23. The average Bonchev–Trinajstić information content (AvgIpc) is 2.72. The van der Waals surface area contributed by atoms with Crippen molar-refractivity contribution in [2.75, 3.05) is 48.8 Å². The van der Waals surface area contributed by atoms with Crippen molar-refractivity contribution in [3.05, 3.63) is 48.4 Å². The summed E-state index contributed by atoms with van der Waals surface area (Å²) in [4.78, 5) is 13.2. The van der Waals surface area contributed by atoms with Crippen LogP contribution < -0.4 is 15.5 Å². The van der Waals surface area contributed by atoms with Crippen LogP contribution in [0.2, 0.25) is 0 Å². The van der Waals surface area contributed by atoms with Crippen molar-refractivity contribution in [2.24, 2.45) is 0 Å². The van der Waals surface area contributed by atoms with E-state index in [0.717, 1.165) is 38.3 Å². The Kier molecular flexibility index (Phi) is 6.92. The second kappa shape index (κ2) is 9.43. The highest BCUT2D eigenvalue weighted by Crippen LogP contribution is 2.27. The predicted octanol–water partition coefficient (Wildman–Crippen LogP) is 4.58. The molecule has 30 heavy (non-hydrogen) atoms. The molecule has 1 aromatic heterocycles. The minimum Gasteiger partial charge on any atom is -0.369 e. The van der Waals surface area contributed by atoms with Gasteiger partial charge in [-0.3, -0.25) is 0 Å². The highest BCUT2D eigenvalue weighted by molar-refractivity contribution is 5.64. The van der Waals surface area contributed by atoms with E-state index in [2.05, 4.69) is 70.0 Å². The Bertz CT molecular complexity index is 878. The number of aryl methyl sites for hydroxylation is 1. The van der Waals surface area contributed by atoms with Crippen LogP contribution in [0.3, 0.4) is 0 Å². The third kappa shape index (κ3) is 5.27. The Labute approximate surface area is 179 Å². The molecular weight excluding hydrogens is 379 g/mol. The number of nitrogens with zero attached hydrogens (tertiary/aromatic N) is 4. The van der Waals surface area contributed by atoms with Gasteiger partial charge in [-0.25, -0.2) is 9.37 Å².